The fourth-order valence-electron chi connectivity index (χ4n) is 4.24. The van der Waals surface area contributed by atoms with Crippen LogP contribution in [0.3, 0.4) is 0 Å². The number of carbonyl (C=O) groups is 3. The van der Waals surface area contributed by atoms with E-state index in [1.54, 1.807) is 12.1 Å². The maximum Gasteiger partial charge on any atom is 0.339 e. The smallest absolute Gasteiger partial charge is 0.339 e. The standard InChI is InChI=1S/C28H25N9O8/c1-14(38)29-6-7-30-26(41)15-8-20(22-12-36(34-32-22)16-2-4-18(27(42)43)24(39)10-16)31-21(9-15)23-13-37(35-33-23)17-3-5-19(28(44)45)25(40)11-17/h2-5,8-13,26,30,39-41H,6-7H2,1H3,(H,29,38)(H,42,43)(H,44,45). The lowest BCUT2D eigenvalue weighted by Crippen LogP contribution is -2.32. The molecular formula is C28H25N9O8. The number of nitrogens with one attached hydrogen (secondary N) is 2. The average molecular weight is 616 g/mol. The number of pyridine rings is 1. The highest BCUT2D eigenvalue weighted by atomic mass is 16.4. The SMILES string of the molecule is CC(=O)NCCNC(O)c1cc(-c2cn(-c3ccc(C(=O)O)c(O)c3)nn2)nc(-c2cn(-c3ccc(C(=O)O)c(O)c3)nn2)c1. The molecule has 45 heavy (non-hydrogen) atoms. The molecule has 7 N–H and O–H groups in total. The van der Waals surface area contributed by atoms with E-state index in [-0.39, 0.29) is 52.9 Å². The van der Waals surface area contributed by atoms with Crippen molar-refractivity contribution in [1.82, 2.24) is 45.6 Å². The van der Waals surface area contributed by atoms with Crippen molar-refractivity contribution in [2.45, 2.75) is 13.2 Å². The zero-order valence-corrected chi connectivity index (χ0v) is 23.4. The zero-order chi connectivity index (χ0) is 32.2. The number of nitrogens with zero attached hydrogens (tertiary/aromatic N) is 7. The minimum absolute atomic E-state index is 0.220. The number of aromatic nitrogens is 7. The zero-order valence-electron chi connectivity index (χ0n) is 23.4. The van der Waals surface area contributed by atoms with E-state index < -0.39 is 29.7 Å². The molecule has 17 heteroatoms. The molecule has 3 aromatic heterocycles. The Morgan fingerprint density at radius 3 is 1.67 bits per heavy atom. The number of rotatable bonds is 11. The van der Waals surface area contributed by atoms with Gasteiger partial charge < -0.3 is 30.8 Å². The number of aromatic carboxylic acids is 2. The van der Waals surface area contributed by atoms with E-state index in [0.717, 1.165) is 0 Å². The van der Waals surface area contributed by atoms with Crippen molar-refractivity contribution in [3.05, 3.63) is 77.6 Å². The predicted molar refractivity (Wildman–Crippen MR) is 154 cm³/mol. The van der Waals surface area contributed by atoms with Crippen LogP contribution in [0.1, 0.15) is 39.4 Å². The first-order valence-corrected chi connectivity index (χ1v) is 13.2. The Labute approximate surface area is 253 Å². The number of amides is 1. The van der Waals surface area contributed by atoms with Crippen molar-refractivity contribution < 1.29 is 39.9 Å². The molecule has 1 amide bonds. The number of aromatic hydroxyl groups is 2. The first-order chi connectivity index (χ1) is 21.5. The second kappa shape index (κ2) is 12.6. The van der Waals surface area contributed by atoms with Crippen LogP contribution in [0.5, 0.6) is 11.5 Å². The van der Waals surface area contributed by atoms with Crippen LogP contribution in [-0.4, -0.2) is 91.4 Å². The van der Waals surface area contributed by atoms with E-state index in [9.17, 15) is 39.9 Å². The average Bonchev–Trinajstić information content (AvgIpc) is 3.70. The number of carboxylic acid groups (broad SMARTS) is 2. The van der Waals surface area contributed by atoms with Gasteiger partial charge in [-0.3, -0.25) is 10.1 Å². The van der Waals surface area contributed by atoms with Gasteiger partial charge in [-0.1, -0.05) is 10.4 Å². The summed E-state index contributed by atoms with van der Waals surface area (Å²) in [6.45, 7) is 1.88. The number of hydrogen-bond acceptors (Lipinski definition) is 12. The molecule has 0 saturated heterocycles. The van der Waals surface area contributed by atoms with Crippen LogP contribution in [0.25, 0.3) is 34.2 Å². The highest BCUT2D eigenvalue weighted by Gasteiger charge is 2.18. The Bertz CT molecular complexity index is 1800. The van der Waals surface area contributed by atoms with Gasteiger partial charge in [0, 0.05) is 32.1 Å². The number of carbonyl (C=O) groups excluding carboxylic acids is 1. The summed E-state index contributed by atoms with van der Waals surface area (Å²) in [5.74, 6) is -3.71. The maximum absolute atomic E-state index is 11.3. The normalized spacial score (nSPS) is 11.7. The Morgan fingerprint density at radius 2 is 1.24 bits per heavy atom. The monoisotopic (exact) mass is 615 g/mol. The molecule has 0 aliphatic carbocycles. The molecule has 1 unspecified atom stereocenters. The summed E-state index contributed by atoms with van der Waals surface area (Å²) in [7, 11) is 0. The van der Waals surface area contributed by atoms with Gasteiger partial charge in [-0.25, -0.2) is 23.9 Å². The molecule has 5 aromatic rings. The fraction of sp³-hybridized carbons (Fsp3) is 0.143. The highest BCUT2D eigenvalue weighted by Crippen LogP contribution is 2.28. The van der Waals surface area contributed by atoms with Crippen molar-refractivity contribution in [3.63, 3.8) is 0 Å². The first-order valence-electron chi connectivity index (χ1n) is 13.2. The summed E-state index contributed by atoms with van der Waals surface area (Å²) in [5, 5.41) is 71.4. The molecule has 17 nitrogen and oxygen atoms in total. The summed E-state index contributed by atoms with van der Waals surface area (Å²) in [6, 6.07) is 10.9. The van der Waals surface area contributed by atoms with Crippen molar-refractivity contribution in [3.8, 4) is 45.6 Å². The number of phenols is 2. The van der Waals surface area contributed by atoms with Crippen molar-refractivity contribution in [2.75, 3.05) is 13.1 Å². The van der Waals surface area contributed by atoms with Gasteiger partial charge in [0.15, 0.2) is 0 Å². The topological polar surface area (TPSA) is 251 Å². The van der Waals surface area contributed by atoms with E-state index in [4.69, 9.17) is 0 Å². The second-order valence-electron chi connectivity index (χ2n) is 9.62. The summed E-state index contributed by atoms with van der Waals surface area (Å²) < 4.78 is 2.61. The van der Waals surface area contributed by atoms with Crippen LogP contribution in [0.15, 0.2) is 60.9 Å². The lowest BCUT2D eigenvalue weighted by atomic mass is 10.1. The van der Waals surface area contributed by atoms with Gasteiger partial charge in [0.1, 0.15) is 40.2 Å². The molecule has 1 atom stereocenters. The number of carboxylic acids is 2. The van der Waals surface area contributed by atoms with Crippen LogP contribution in [-0.2, 0) is 4.79 Å². The summed E-state index contributed by atoms with van der Waals surface area (Å²) >= 11 is 0. The van der Waals surface area contributed by atoms with Gasteiger partial charge in [0.05, 0.1) is 35.2 Å². The third-order valence-corrected chi connectivity index (χ3v) is 6.46. The fourth-order valence-corrected chi connectivity index (χ4v) is 4.24. The van der Waals surface area contributed by atoms with E-state index in [2.05, 4.69) is 36.2 Å². The minimum Gasteiger partial charge on any atom is -0.507 e. The van der Waals surface area contributed by atoms with Gasteiger partial charge in [-0.15, -0.1) is 10.2 Å². The van der Waals surface area contributed by atoms with E-state index in [0.29, 0.717) is 16.9 Å². The quantitative estimate of drug-likeness (QED) is 0.0812. The molecule has 0 aliphatic heterocycles. The highest BCUT2D eigenvalue weighted by molar-refractivity contribution is 5.91. The van der Waals surface area contributed by atoms with Crippen LogP contribution in [0.4, 0.5) is 0 Å². The molecule has 5 rings (SSSR count). The van der Waals surface area contributed by atoms with Crippen LogP contribution in [0.2, 0.25) is 0 Å². The molecule has 0 radical (unpaired) electrons. The van der Waals surface area contributed by atoms with Gasteiger partial charge in [0.2, 0.25) is 5.91 Å². The number of benzene rings is 2. The van der Waals surface area contributed by atoms with Crippen molar-refractivity contribution in [2.24, 2.45) is 0 Å². The van der Waals surface area contributed by atoms with Crippen LogP contribution < -0.4 is 10.6 Å². The Kier molecular flexibility index (Phi) is 8.46. The molecule has 0 aliphatic rings. The van der Waals surface area contributed by atoms with E-state index in [1.807, 2.05) is 0 Å². The second-order valence-corrected chi connectivity index (χ2v) is 9.62. The number of hydrogen-bond donors (Lipinski definition) is 7. The molecule has 3 heterocycles. The van der Waals surface area contributed by atoms with Gasteiger partial charge >= 0.3 is 11.9 Å². The van der Waals surface area contributed by atoms with Crippen LogP contribution >= 0.6 is 0 Å². The Hall–Kier alpha value is -6.20. The first kappa shape index (κ1) is 30.3. The summed E-state index contributed by atoms with van der Waals surface area (Å²) in [6.07, 6.45) is 1.78. The lowest BCUT2D eigenvalue weighted by Gasteiger charge is -2.15. The maximum atomic E-state index is 11.3. The van der Waals surface area contributed by atoms with E-state index in [1.165, 1.54) is 65.1 Å². The lowest BCUT2D eigenvalue weighted by molar-refractivity contribution is -0.118. The summed E-state index contributed by atoms with van der Waals surface area (Å²) in [5.41, 5.74) is 1.49. The van der Waals surface area contributed by atoms with Gasteiger partial charge in [-0.2, -0.15) is 0 Å². The third-order valence-electron chi connectivity index (χ3n) is 6.46. The number of aliphatic hydroxyl groups is 1. The predicted octanol–water partition coefficient (Wildman–Crippen LogP) is 1.10. The van der Waals surface area contributed by atoms with Crippen molar-refractivity contribution >= 4 is 17.8 Å². The molecule has 230 valence electrons. The largest absolute Gasteiger partial charge is 0.507 e. The molecule has 0 bridgehead atoms. The van der Waals surface area contributed by atoms with Gasteiger partial charge in [0.25, 0.3) is 0 Å². The minimum atomic E-state index is -1.29. The Morgan fingerprint density at radius 1 is 0.756 bits per heavy atom. The molecule has 0 saturated carbocycles. The molecule has 0 spiro atoms. The third kappa shape index (κ3) is 6.74. The number of aliphatic hydroxyl groups excluding tert-OH is 1. The van der Waals surface area contributed by atoms with Crippen molar-refractivity contribution in [1.29, 1.82) is 0 Å². The molecule has 2 aromatic carbocycles. The van der Waals surface area contributed by atoms with Crippen LogP contribution in [0, 0.1) is 0 Å². The molecular weight excluding hydrogens is 590 g/mol. The van der Waals surface area contributed by atoms with Gasteiger partial charge in [-0.05, 0) is 42.0 Å². The molecule has 0 fully saturated rings. The summed E-state index contributed by atoms with van der Waals surface area (Å²) in [4.78, 5) is 38.3. The van der Waals surface area contributed by atoms with E-state index >= 15 is 0 Å². The Balaban J connectivity index is 1.50.